The lowest BCUT2D eigenvalue weighted by Crippen LogP contribution is -2.39. The number of hydrogen-bond acceptors (Lipinski definition) is 3. The molecular weight excluding hydrogens is 443 g/mol. The van der Waals surface area contributed by atoms with Crippen LogP contribution in [0.15, 0.2) is 29.3 Å². The summed E-state index contributed by atoms with van der Waals surface area (Å²) in [7, 11) is 1.63. The van der Waals surface area contributed by atoms with Crippen LogP contribution in [0, 0.1) is 5.92 Å². The predicted octanol–water partition coefficient (Wildman–Crippen LogP) is 2.92. The number of amides is 1. The van der Waals surface area contributed by atoms with Gasteiger partial charge in [0, 0.05) is 19.6 Å². The zero-order valence-corrected chi connectivity index (χ0v) is 18.6. The molecule has 7 heteroatoms. The minimum atomic E-state index is -0.102. The summed E-state index contributed by atoms with van der Waals surface area (Å²) in [5.41, 5.74) is 1.02. The van der Waals surface area contributed by atoms with E-state index < -0.39 is 0 Å². The maximum absolute atomic E-state index is 12.0. The van der Waals surface area contributed by atoms with Crippen molar-refractivity contribution in [3.05, 3.63) is 29.8 Å². The summed E-state index contributed by atoms with van der Waals surface area (Å²) < 4.78 is 5.12. The Morgan fingerprint density at radius 3 is 2.42 bits per heavy atom. The fourth-order valence-electron chi connectivity index (χ4n) is 2.21. The minimum Gasteiger partial charge on any atom is -0.497 e. The van der Waals surface area contributed by atoms with Crippen LogP contribution < -0.4 is 20.7 Å². The first kappa shape index (κ1) is 24.5. The molecule has 0 saturated carbocycles. The highest BCUT2D eigenvalue weighted by Crippen LogP contribution is 2.10. The van der Waals surface area contributed by atoms with Crippen LogP contribution in [-0.2, 0) is 11.3 Å². The van der Waals surface area contributed by atoms with E-state index in [1.165, 1.54) is 6.42 Å². The molecule has 0 unspecified atom stereocenters. The molecule has 1 amide bonds. The number of hydrogen-bond donors (Lipinski definition) is 3. The van der Waals surface area contributed by atoms with Gasteiger partial charge in [-0.2, -0.15) is 0 Å². The van der Waals surface area contributed by atoms with Crippen molar-refractivity contribution in [1.29, 1.82) is 0 Å². The Morgan fingerprint density at radius 2 is 1.85 bits per heavy atom. The first-order chi connectivity index (χ1) is 12.0. The van der Waals surface area contributed by atoms with E-state index in [1.54, 1.807) is 7.11 Å². The third-order valence-corrected chi connectivity index (χ3v) is 3.62. The molecule has 1 rings (SSSR count). The predicted molar refractivity (Wildman–Crippen MR) is 118 cm³/mol. The normalized spacial score (nSPS) is 10.9. The monoisotopic (exact) mass is 476 g/mol. The molecule has 3 N–H and O–H groups in total. The van der Waals surface area contributed by atoms with Crippen molar-refractivity contribution in [3.63, 3.8) is 0 Å². The van der Waals surface area contributed by atoms with Gasteiger partial charge in [-0.3, -0.25) is 4.79 Å². The van der Waals surface area contributed by atoms with E-state index in [1.807, 2.05) is 31.2 Å². The number of carbonyl (C=O) groups excluding carboxylic acids is 1. The summed E-state index contributed by atoms with van der Waals surface area (Å²) in [4.78, 5) is 16.3. The summed E-state index contributed by atoms with van der Waals surface area (Å²) in [6, 6.07) is 7.62. The molecule has 0 aromatic heterocycles. The van der Waals surface area contributed by atoms with E-state index >= 15 is 0 Å². The van der Waals surface area contributed by atoms with Gasteiger partial charge in [-0.1, -0.05) is 26.0 Å². The standard InChI is InChI=1S/C19H32N4O2.HI/c1-5-20-19(21-12-6-7-15(2)3)23-14-18(24)22-13-16-8-10-17(25-4)11-9-16;/h8-11,15H,5-7,12-14H2,1-4H3,(H,22,24)(H2,20,21,23);1H. The van der Waals surface area contributed by atoms with E-state index in [0.717, 1.165) is 30.8 Å². The van der Waals surface area contributed by atoms with Gasteiger partial charge in [0.2, 0.25) is 5.91 Å². The smallest absolute Gasteiger partial charge is 0.242 e. The second-order valence-corrected chi connectivity index (χ2v) is 6.28. The van der Waals surface area contributed by atoms with Gasteiger partial charge < -0.3 is 20.7 Å². The van der Waals surface area contributed by atoms with Crippen molar-refractivity contribution >= 4 is 35.8 Å². The van der Waals surface area contributed by atoms with Crippen molar-refractivity contribution in [2.75, 3.05) is 26.7 Å². The lowest BCUT2D eigenvalue weighted by Gasteiger charge is -2.12. The molecule has 6 nitrogen and oxygen atoms in total. The Hall–Kier alpha value is -1.51. The molecule has 0 heterocycles. The highest BCUT2D eigenvalue weighted by atomic mass is 127. The Labute approximate surface area is 174 Å². The lowest BCUT2D eigenvalue weighted by molar-refractivity contribution is -0.119. The molecule has 0 radical (unpaired) electrons. The Balaban J connectivity index is 0.00000625. The van der Waals surface area contributed by atoms with Gasteiger partial charge in [0.05, 0.1) is 7.11 Å². The van der Waals surface area contributed by atoms with Crippen LogP contribution in [-0.4, -0.2) is 38.6 Å². The maximum atomic E-state index is 12.0. The SMILES string of the molecule is CCNC(=NCC(=O)NCc1ccc(OC)cc1)NCCCC(C)C.I. The number of methoxy groups -OCH3 is 1. The molecule has 0 aliphatic rings. The quantitative estimate of drug-likeness (QED) is 0.210. The second kappa shape index (κ2) is 14.6. The van der Waals surface area contributed by atoms with Crippen LogP contribution in [0.5, 0.6) is 5.75 Å². The largest absolute Gasteiger partial charge is 0.497 e. The number of nitrogens with one attached hydrogen (secondary N) is 3. The van der Waals surface area contributed by atoms with Crippen molar-refractivity contribution < 1.29 is 9.53 Å². The van der Waals surface area contributed by atoms with Gasteiger partial charge in [-0.05, 0) is 43.4 Å². The molecular formula is C19H33IN4O2. The molecule has 0 spiro atoms. The lowest BCUT2D eigenvalue weighted by atomic mass is 10.1. The average Bonchev–Trinajstić information content (AvgIpc) is 2.61. The summed E-state index contributed by atoms with van der Waals surface area (Å²) in [5.74, 6) is 2.09. The number of aliphatic imine (C=N–C) groups is 1. The fraction of sp³-hybridized carbons (Fsp3) is 0.579. The number of benzene rings is 1. The molecule has 26 heavy (non-hydrogen) atoms. The zero-order valence-electron chi connectivity index (χ0n) is 16.3. The Morgan fingerprint density at radius 1 is 1.15 bits per heavy atom. The van der Waals surface area contributed by atoms with E-state index in [9.17, 15) is 4.79 Å². The van der Waals surface area contributed by atoms with E-state index in [0.29, 0.717) is 18.4 Å². The number of guanidine groups is 1. The van der Waals surface area contributed by atoms with E-state index in [2.05, 4.69) is 34.8 Å². The highest BCUT2D eigenvalue weighted by molar-refractivity contribution is 14.0. The van der Waals surface area contributed by atoms with E-state index in [-0.39, 0.29) is 36.4 Å². The molecule has 1 aromatic carbocycles. The maximum Gasteiger partial charge on any atom is 0.242 e. The Bertz CT molecular complexity index is 533. The summed E-state index contributed by atoms with van der Waals surface area (Å²) >= 11 is 0. The van der Waals surface area contributed by atoms with Crippen molar-refractivity contribution in [2.24, 2.45) is 10.9 Å². The second-order valence-electron chi connectivity index (χ2n) is 6.28. The van der Waals surface area contributed by atoms with Crippen LogP contribution >= 0.6 is 24.0 Å². The van der Waals surface area contributed by atoms with Crippen LogP contribution in [0.1, 0.15) is 39.2 Å². The van der Waals surface area contributed by atoms with Crippen LogP contribution in [0.4, 0.5) is 0 Å². The van der Waals surface area contributed by atoms with Gasteiger partial charge in [-0.25, -0.2) is 4.99 Å². The number of ether oxygens (including phenoxy) is 1. The van der Waals surface area contributed by atoms with Crippen LogP contribution in [0.25, 0.3) is 0 Å². The van der Waals surface area contributed by atoms with Crippen LogP contribution in [0.2, 0.25) is 0 Å². The summed E-state index contributed by atoms with van der Waals surface area (Å²) in [6.07, 6.45) is 2.26. The number of halogens is 1. The number of carbonyl (C=O) groups is 1. The van der Waals surface area contributed by atoms with Crippen molar-refractivity contribution in [1.82, 2.24) is 16.0 Å². The molecule has 0 atom stereocenters. The number of nitrogens with zero attached hydrogens (tertiary/aromatic N) is 1. The molecule has 0 bridgehead atoms. The fourth-order valence-corrected chi connectivity index (χ4v) is 2.21. The van der Waals surface area contributed by atoms with Crippen molar-refractivity contribution in [3.8, 4) is 5.75 Å². The minimum absolute atomic E-state index is 0. The topological polar surface area (TPSA) is 74.8 Å². The third kappa shape index (κ3) is 11.2. The van der Waals surface area contributed by atoms with Crippen molar-refractivity contribution in [2.45, 2.75) is 40.2 Å². The molecule has 0 saturated heterocycles. The van der Waals surface area contributed by atoms with Gasteiger partial charge in [0.1, 0.15) is 12.3 Å². The summed E-state index contributed by atoms with van der Waals surface area (Å²) in [5, 5.41) is 9.29. The number of rotatable bonds is 10. The van der Waals surface area contributed by atoms with Crippen LogP contribution in [0.3, 0.4) is 0 Å². The molecule has 148 valence electrons. The highest BCUT2D eigenvalue weighted by Gasteiger charge is 2.03. The molecule has 0 aliphatic heterocycles. The summed E-state index contributed by atoms with van der Waals surface area (Å²) in [6.45, 7) is 8.65. The molecule has 0 fully saturated rings. The first-order valence-corrected chi connectivity index (χ1v) is 8.97. The Kier molecular flexibility index (Phi) is 13.8. The first-order valence-electron chi connectivity index (χ1n) is 8.97. The van der Waals surface area contributed by atoms with Gasteiger partial charge in [0.15, 0.2) is 5.96 Å². The van der Waals surface area contributed by atoms with Gasteiger partial charge in [-0.15, -0.1) is 24.0 Å². The molecule has 0 aliphatic carbocycles. The van der Waals surface area contributed by atoms with Gasteiger partial charge >= 0.3 is 0 Å². The third-order valence-electron chi connectivity index (χ3n) is 3.62. The van der Waals surface area contributed by atoms with Gasteiger partial charge in [0.25, 0.3) is 0 Å². The molecule has 1 aromatic rings. The van der Waals surface area contributed by atoms with E-state index in [4.69, 9.17) is 4.74 Å². The average molecular weight is 476 g/mol. The zero-order chi connectivity index (χ0) is 18.5.